The van der Waals surface area contributed by atoms with Crippen LogP contribution in [0.1, 0.15) is 32.6 Å². The highest BCUT2D eigenvalue weighted by molar-refractivity contribution is 5.75. The SMILES string of the molecule is CCCCOCCCNC(=O)CCOc1ccccc1N. The smallest absolute Gasteiger partial charge is 0.223 e. The second-order valence-electron chi connectivity index (χ2n) is 4.81. The Bertz CT molecular complexity index is 410. The third-order valence-electron chi connectivity index (χ3n) is 2.94. The molecule has 0 bridgehead atoms. The van der Waals surface area contributed by atoms with E-state index >= 15 is 0 Å². The van der Waals surface area contributed by atoms with Gasteiger partial charge in [-0.15, -0.1) is 0 Å². The lowest BCUT2D eigenvalue weighted by atomic mass is 10.3. The van der Waals surface area contributed by atoms with Gasteiger partial charge in [0.15, 0.2) is 0 Å². The Morgan fingerprint density at radius 2 is 1.95 bits per heavy atom. The van der Waals surface area contributed by atoms with E-state index in [1.165, 1.54) is 0 Å². The quantitative estimate of drug-likeness (QED) is 0.485. The minimum atomic E-state index is -0.0157. The summed E-state index contributed by atoms with van der Waals surface area (Å²) in [5.74, 6) is 0.604. The zero-order valence-electron chi connectivity index (χ0n) is 12.8. The van der Waals surface area contributed by atoms with Crippen molar-refractivity contribution < 1.29 is 14.3 Å². The summed E-state index contributed by atoms with van der Waals surface area (Å²) in [6.07, 6.45) is 3.39. The Morgan fingerprint density at radius 1 is 1.19 bits per heavy atom. The maximum Gasteiger partial charge on any atom is 0.223 e. The van der Waals surface area contributed by atoms with Crippen molar-refractivity contribution >= 4 is 11.6 Å². The van der Waals surface area contributed by atoms with Crippen LogP contribution in [0.15, 0.2) is 24.3 Å². The highest BCUT2D eigenvalue weighted by Gasteiger charge is 2.03. The number of carbonyl (C=O) groups is 1. The summed E-state index contributed by atoms with van der Waals surface area (Å²) in [6.45, 7) is 4.59. The van der Waals surface area contributed by atoms with Crippen molar-refractivity contribution in [3.8, 4) is 5.75 Å². The Hall–Kier alpha value is -1.75. The van der Waals surface area contributed by atoms with Gasteiger partial charge in [0.1, 0.15) is 5.75 Å². The fraction of sp³-hybridized carbons (Fsp3) is 0.562. The molecule has 5 heteroatoms. The van der Waals surface area contributed by atoms with Crippen molar-refractivity contribution in [2.45, 2.75) is 32.6 Å². The number of amides is 1. The van der Waals surface area contributed by atoms with E-state index in [0.717, 1.165) is 25.9 Å². The second kappa shape index (κ2) is 11.0. The summed E-state index contributed by atoms with van der Waals surface area (Å²) in [4.78, 5) is 11.6. The lowest BCUT2D eigenvalue weighted by Crippen LogP contribution is -2.26. The van der Waals surface area contributed by atoms with Crippen LogP contribution < -0.4 is 15.8 Å². The van der Waals surface area contributed by atoms with Crippen LogP contribution in [0.25, 0.3) is 0 Å². The molecule has 5 nitrogen and oxygen atoms in total. The molecule has 0 aromatic heterocycles. The molecule has 0 atom stereocenters. The van der Waals surface area contributed by atoms with Crippen LogP contribution in [0.2, 0.25) is 0 Å². The van der Waals surface area contributed by atoms with E-state index in [1.54, 1.807) is 12.1 Å². The summed E-state index contributed by atoms with van der Waals surface area (Å²) < 4.78 is 10.9. The molecule has 3 N–H and O–H groups in total. The first-order valence-corrected chi connectivity index (χ1v) is 7.55. The van der Waals surface area contributed by atoms with Crippen molar-refractivity contribution in [1.29, 1.82) is 0 Å². The van der Waals surface area contributed by atoms with Gasteiger partial charge in [-0.05, 0) is 25.0 Å². The molecule has 0 fully saturated rings. The third-order valence-corrected chi connectivity index (χ3v) is 2.94. The Balaban J connectivity index is 2.00. The van der Waals surface area contributed by atoms with Gasteiger partial charge in [-0.25, -0.2) is 0 Å². The van der Waals surface area contributed by atoms with Crippen molar-refractivity contribution in [3.05, 3.63) is 24.3 Å². The lowest BCUT2D eigenvalue weighted by Gasteiger charge is -2.09. The van der Waals surface area contributed by atoms with Gasteiger partial charge in [0.2, 0.25) is 5.91 Å². The number of carbonyl (C=O) groups excluding carboxylic acids is 1. The molecule has 0 unspecified atom stereocenters. The number of hydrogen-bond donors (Lipinski definition) is 2. The molecular formula is C16H26N2O3. The number of ether oxygens (including phenoxy) is 2. The van der Waals surface area contributed by atoms with Crippen molar-refractivity contribution in [2.75, 3.05) is 32.1 Å². The Labute approximate surface area is 126 Å². The lowest BCUT2D eigenvalue weighted by molar-refractivity contribution is -0.121. The van der Waals surface area contributed by atoms with Gasteiger partial charge < -0.3 is 20.5 Å². The zero-order chi connectivity index (χ0) is 15.3. The van der Waals surface area contributed by atoms with Gasteiger partial charge in [-0.2, -0.15) is 0 Å². The summed E-state index contributed by atoms with van der Waals surface area (Å²) in [7, 11) is 0. The van der Waals surface area contributed by atoms with Gasteiger partial charge in [-0.1, -0.05) is 25.5 Å². The molecule has 1 aromatic carbocycles. The topological polar surface area (TPSA) is 73.6 Å². The van der Waals surface area contributed by atoms with Crippen LogP contribution in [0, 0.1) is 0 Å². The third kappa shape index (κ3) is 8.19. The van der Waals surface area contributed by atoms with Crippen molar-refractivity contribution in [2.24, 2.45) is 0 Å². The van der Waals surface area contributed by atoms with E-state index in [0.29, 0.717) is 37.6 Å². The molecule has 0 radical (unpaired) electrons. The minimum absolute atomic E-state index is 0.0157. The molecule has 1 amide bonds. The van der Waals surface area contributed by atoms with Gasteiger partial charge in [-0.3, -0.25) is 4.79 Å². The molecule has 0 spiro atoms. The number of benzene rings is 1. The highest BCUT2D eigenvalue weighted by Crippen LogP contribution is 2.19. The number of nitrogens with one attached hydrogen (secondary N) is 1. The zero-order valence-corrected chi connectivity index (χ0v) is 12.8. The molecule has 0 saturated carbocycles. The van der Waals surface area contributed by atoms with Crippen LogP contribution in [0.4, 0.5) is 5.69 Å². The second-order valence-corrected chi connectivity index (χ2v) is 4.81. The van der Waals surface area contributed by atoms with Crippen LogP contribution in [-0.4, -0.2) is 32.3 Å². The standard InChI is InChI=1S/C16H26N2O3/c1-2-3-11-20-12-6-10-18-16(19)9-13-21-15-8-5-4-7-14(15)17/h4-5,7-8H,2-3,6,9-13,17H2,1H3,(H,18,19). The Morgan fingerprint density at radius 3 is 2.71 bits per heavy atom. The van der Waals surface area contributed by atoms with Gasteiger partial charge in [0, 0.05) is 19.8 Å². The fourth-order valence-electron chi connectivity index (χ4n) is 1.70. The number of anilines is 1. The number of unbranched alkanes of at least 4 members (excludes halogenated alkanes) is 1. The monoisotopic (exact) mass is 294 g/mol. The van der Waals surface area contributed by atoms with E-state index in [9.17, 15) is 4.79 Å². The molecule has 0 heterocycles. The van der Waals surface area contributed by atoms with Crippen LogP contribution in [-0.2, 0) is 9.53 Å². The molecule has 0 aliphatic rings. The number of nitrogens with two attached hydrogens (primary N) is 1. The average molecular weight is 294 g/mol. The summed E-state index contributed by atoms with van der Waals surface area (Å²) in [5, 5.41) is 2.84. The molecule has 21 heavy (non-hydrogen) atoms. The van der Waals surface area contributed by atoms with E-state index in [1.807, 2.05) is 12.1 Å². The van der Waals surface area contributed by atoms with E-state index < -0.39 is 0 Å². The van der Waals surface area contributed by atoms with Gasteiger partial charge in [0.05, 0.1) is 18.7 Å². The number of nitrogen functional groups attached to an aromatic ring is 1. The molecule has 0 aliphatic heterocycles. The summed E-state index contributed by atoms with van der Waals surface area (Å²) in [5.41, 5.74) is 6.33. The first-order valence-electron chi connectivity index (χ1n) is 7.55. The predicted octanol–water partition coefficient (Wildman–Crippen LogP) is 2.36. The largest absolute Gasteiger partial charge is 0.491 e. The van der Waals surface area contributed by atoms with Gasteiger partial charge >= 0.3 is 0 Å². The molecule has 118 valence electrons. The highest BCUT2D eigenvalue weighted by atomic mass is 16.5. The number of para-hydroxylation sites is 2. The molecular weight excluding hydrogens is 268 g/mol. The Kier molecular flexibility index (Phi) is 9.04. The van der Waals surface area contributed by atoms with Crippen LogP contribution in [0.5, 0.6) is 5.75 Å². The van der Waals surface area contributed by atoms with Crippen molar-refractivity contribution in [3.63, 3.8) is 0 Å². The maximum atomic E-state index is 11.6. The normalized spacial score (nSPS) is 10.3. The van der Waals surface area contributed by atoms with E-state index in [-0.39, 0.29) is 5.91 Å². The number of rotatable bonds is 11. The number of hydrogen-bond acceptors (Lipinski definition) is 4. The minimum Gasteiger partial charge on any atom is -0.491 e. The molecule has 1 aromatic rings. The van der Waals surface area contributed by atoms with Crippen molar-refractivity contribution in [1.82, 2.24) is 5.32 Å². The van der Waals surface area contributed by atoms with Gasteiger partial charge in [0.25, 0.3) is 0 Å². The van der Waals surface area contributed by atoms with E-state index in [4.69, 9.17) is 15.2 Å². The molecule has 0 saturated heterocycles. The van der Waals surface area contributed by atoms with Crippen LogP contribution in [0.3, 0.4) is 0 Å². The average Bonchev–Trinajstić information content (AvgIpc) is 2.48. The first-order chi connectivity index (χ1) is 10.2. The predicted molar refractivity (Wildman–Crippen MR) is 84.3 cm³/mol. The molecule has 0 aliphatic carbocycles. The molecule has 1 rings (SSSR count). The summed E-state index contributed by atoms with van der Waals surface area (Å²) in [6, 6.07) is 7.26. The summed E-state index contributed by atoms with van der Waals surface area (Å²) >= 11 is 0. The fourth-order valence-corrected chi connectivity index (χ4v) is 1.70. The first kappa shape index (κ1) is 17.3. The van der Waals surface area contributed by atoms with E-state index in [2.05, 4.69) is 12.2 Å². The maximum absolute atomic E-state index is 11.6. The van der Waals surface area contributed by atoms with Crippen LogP contribution >= 0.6 is 0 Å².